The summed E-state index contributed by atoms with van der Waals surface area (Å²) in [6.45, 7) is 2.04. The van der Waals surface area contributed by atoms with Crippen LogP contribution in [-0.2, 0) is 29.2 Å². The van der Waals surface area contributed by atoms with E-state index < -0.39 is 30.7 Å². The molecule has 0 aliphatic carbocycles. The fourth-order valence-electron chi connectivity index (χ4n) is 5.95. The van der Waals surface area contributed by atoms with Gasteiger partial charge >= 0.3 is 0 Å². The molecular formula is C36H41FN6O6. The first-order valence-electron chi connectivity index (χ1n) is 15.9. The Hall–Kier alpha value is -4.98. The molecule has 1 aliphatic heterocycles. The summed E-state index contributed by atoms with van der Waals surface area (Å²) in [5, 5.41) is 13.5. The molecule has 12 nitrogen and oxygen atoms in total. The van der Waals surface area contributed by atoms with Crippen molar-refractivity contribution in [3.63, 3.8) is 0 Å². The number of nitrogens with zero attached hydrogens (tertiary/aromatic N) is 5. The lowest BCUT2D eigenvalue weighted by atomic mass is 9.98. The second-order valence-electron chi connectivity index (χ2n) is 12.0. The molecule has 0 spiro atoms. The number of nitrogens with one attached hydrogen (secondary N) is 1. The van der Waals surface area contributed by atoms with E-state index in [4.69, 9.17) is 33.7 Å². The molecular weight excluding hydrogens is 631 g/mol. The highest BCUT2D eigenvalue weighted by Gasteiger charge is 2.56. The maximum atomic E-state index is 16.9. The molecule has 0 unspecified atom stereocenters. The third kappa shape index (κ3) is 7.24. The van der Waals surface area contributed by atoms with Gasteiger partial charge in [0.05, 0.1) is 40.9 Å². The summed E-state index contributed by atoms with van der Waals surface area (Å²) in [4.78, 5) is 16.3. The smallest absolute Gasteiger partial charge is 0.227 e. The number of benzene rings is 3. The van der Waals surface area contributed by atoms with Crippen molar-refractivity contribution >= 4 is 22.9 Å². The predicted octanol–water partition coefficient (Wildman–Crippen LogP) is 5.30. The predicted molar refractivity (Wildman–Crippen MR) is 183 cm³/mol. The molecule has 49 heavy (non-hydrogen) atoms. The third-order valence-corrected chi connectivity index (χ3v) is 8.65. The van der Waals surface area contributed by atoms with Gasteiger partial charge in [-0.15, -0.1) is 0 Å². The van der Waals surface area contributed by atoms with Crippen LogP contribution in [0.3, 0.4) is 0 Å². The lowest BCUT2D eigenvalue weighted by Crippen LogP contribution is -2.42. The summed E-state index contributed by atoms with van der Waals surface area (Å²) in [6.07, 6.45) is -1.70. The molecule has 2 aromatic heterocycles. The van der Waals surface area contributed by atoms with E-state index in [0.717, 1.165) is 28.2 Å². The van der Waals surface area contributed by atoms with Crippen LogP contribution in [0.1, 0.15) is 29.8 Å². The standard InChI is InChI=1S/C36H41FN6O6/c1-36(37)31(48-21-25-10-16-28(47-5)17-11-25)29(20-44)49-34(36)43-22-39-30-32(42(2)19-24-8-14-27(46-4)15-9-24)40-35(41-33(30)43)38-18-23-6-12-26(45-3)13-7-23/h6-17,22,29,31,34,44H,18-21H2,1-5H3,(H,38,40,41)/t29-,31-,34-,36-/m1/s1. The van der Waals surface area contributed by atoms with Crippen LogP contribution < -0.4 is 24.4 Å². The monoisotopic (exact) mass is 672 g/mol. The second-order valence-corrected chi connectivity index (χ2v) is 12.0. The van der Waals surface area contributed by atoms with E-state index in [9.17, 15) is 5.11 Å². The van der Waals surface area contributed by atoms with Crippen molar-refractivity contribution in [2.45, 2.75) is 50.7 Å². The van der Waals surface area contributed by atoms with Gasteiger partial charge in [0.15, 0.2) is 28.9 Å². The van der Waals surface area contributed by atoms with Crippen molar-refractivity contribution in [3.8, 4) is 17.2 Å². The van der Waals surface area contributed by atoms with Gasteiger partial charge in [0.1, 0.15) is 29.5 Å². The number of fused-ring (bicyclic) bond motifs is 1. The molecule has 4 atom stereocenters. The van der Waals surface area contributed by atoms with Gasteiger partial charge < -0.3 is 39.0 Å². The van der Waals surface area contributed by atoms with Gasteiger partial charge in [0, 0.05) is 20.1 Å². The van der Waals surface area contributed by atoms with E-state index in [1.807, 2.05) is 84.7 Å². The van der Waals surface area contributed by atoms with Gasteiger partial charge in [-0.05, 0) is 60.0 Å². The number of anilines is 2. The molecule has 3 aromatic carbocycles. The average Bonchev–Trinajstić information content (AvgIpc) is 3.66. The second kappa shape index (κ2) is 14.6. The zero-order valence-electron chi connectivity index (χ0n) is 28.2. The summed E-state index contributed by atoms with van der Waals surface area (Å²) in [5.41, 5.74) is 1.61. The molecule has 0 amide bonds. The van der Waals surface area contributed by atoms with Crippen LogP contribution in [0, 0.1) is 0 Å². The number of halogens is 1. The fourth-order valence-corrected chi connectivity index (χ4v) is 5.95. The third-order valence-electron chi connectivity index (χ3n) is 8.65. The van der Waals surface area contributed by atoms with Crippen molar-refractivity contribution < 1.29 is 33.2 Å². The van der Waals surface area contributed by atoms with Gasteiger partial charge in [-0.25, -0.2) is 9.37 Å². The molecule has 0 saturated carbocycles. The zero-order chi connectivity index (χ0) is 34.5. The first-order valence-corrected chi connectivity index (χ1v) is 15.9. The van der Waals surface area contributed by atoms with Gasteiger partial charge in [0.2, 0.25) is 5.95 Å². The average molecular weight is 673 g/mol. The molecule has 0 radical (unpaired) electrons. The molecule has 258 valence electrons. The van der Waals surface area contributed by atoms with Crippen molar-refractivity contribution in [2.75, 3.05) is 45.2 Å². The summed E-state index contributed by atoms with van der Waals surface area (Å²) in [5.74, 6) is 3.09. The summed E-state index contributed by atoms with van der Waals surface area (Å²) >= 11 is 0. The Kier molecular flexibility index (Phi) is 10.1. The largest absolute Gasteiger partial charge is 0.497 e. The van der Waals surface area contributed by atoms with E-state index in [1.165, 1.54) is 13.3 Å². The van der Waals surface area contributed by atoms with Crippen LogP contribution in [0.5, 0.6) is 17.2 Å². The lowest BCUT2D eigenvalue weighted by Gasteiger charge is -2.28. The normalized spacial score (nSPS) is 20.3. The van der Waals surface area contributed by atoms with Crippen LogP contribution in [0.2, 0.25) is 0 Å². The highest BCUT2D eigenvalue weighted by molar-refractivity contribution is 5.85. The number of hydrogen-bond acceptors (Lipinski definition) is 11. The number of hydrogen-bond donors (Lipinski definition) is 2. The van der Waals surface area contributed by atoms with Gasteiger partial charge in [0.25, 0.3) is 0 Å². The molecule has 6 rings (SSSR count). The van der Waals surface area contributed by atoms with Gasteiger partial charge in [-0.1, -0.05) is 36.4 Å². The van der Waals surface area contributed by atoms with E-state index in [0.29, 0.717) is 41.8 Å². The van der Waals surface area contributed by atoms with Crippen LogP contribution in [0.15, 0.2) is 79.1 Å². The highest BCUT2D eigenvalue weighted by atomic mass is 19.1. The van der Waals surface area contributed by atoms with Crippen molar-refractivity contribution in [2.24, 2.45) is 0 Å². The zero-order valence-corrected chi connectivity index (χ0v) is 28.2. The van der Waals surface area contributed by atoms with Crippen LogP contribution in [-0.4, -0.2) is 77.5 Å². The molecule has 0 bridgehead atoms. The molecule has 1 aliphatic rings. The summed E-state index contributed by atoms with van der Waals surface area (Å²) in [6, 6.07) is 22.8. The Morgan fingerprint density at radius 3 is 2.02 bits per heavy atom. The van der Waals surface area contributed by atoms with Crippen molar-refractivity contribution in [1.82, 2.24) is 19.5 Å². The highest BCUT2D eigenvalue weighted by Crippen LogP contribution is 2.44. The quantitative estimate of drug-likeness (QED) is 0.160. The van der Waals surface area contributed by atoms with Gasteiger partial charge in [-0.2, -0.15) is 9.97 Å². The maximum absolute atomic E-state index is 16.9. The topological polar surface area (TPSA) is 125 Å². The van der Waals surface area contributed by atoms with Gasteiger partial charge in [-0.3, -0.25) is 4.57 Å². The first-order chi connectivity index (χ1) is 23.7. The minimum atomic E-state index is -2.07. The minimum Gasteiger partial charge on any atom is -0.497 e. The Labute approximate surface area is 284 Å². The van der Waals surface area contributed by atoms with E-state index >= 15 is 4.39 Å². The molecule has 5 aromatic rings. The Morgan fingerprint density at radius 2 is 1.45 bits per heavy atom. The number of ether oxygens (including phenoxy) is 5. The van der Waals surface area contributed by atoms with Crippen LogP contribution in [0.4, 0.5) is 16.2 Å². The SMILES string of the molecule is COc1ccc(CNc2nc(N(C)Cc3ccc(OC)cc3)c3ncn([C@@H]4O[C@H](CO)[C@@H](OCc5ccc(OC)cc5)[C@@]4(C)F)c3n2)cc1. The van der Waals surface area contributed by atoms with Crippen molar-refractivity contribution in [3.05, 3.63) is 95.8 Å². The number of rotatable bonds is 14. The van der Waals surface area contributed by atoms with Crippen molar-refractivity contribution in [1.29, 1.82) is 0 Å². The number of methoxy groups -OCH3 is 3. The number of alkyl halides is 1. The summed E-state index contributed by atoms with van der Waals surface area (Å²) in [7, 11) is 6.75. The van der Waals surface area contributed by atoms with E-state index in [2.05, 4.69) is 10.3 Å². The maximum Gasteiger partial charge on any atom is 0.227 e. The Morgan fingerprint density at radius 1 is 0.878 bits per heavy atom. The van der Waals surface area contributed by atoms with Crippen LogP contribution in [0.25, 0.3) is 11.2 Å². The minimum absolute atomic E-state index is 0.118. The number of aliphatic hydroxyl groups excluding tert-OH is 1. The van der Waals surface area contributed by atoms with Crippen LogP contribution >= 0.6 is 0 Å². The molecule has 2 N–H and O–H groups in total. The molecule has 13 heteroatoms. The molecule has 3 heterocycles. The molecule has 1 fully saturated rings. The Bertz CT molecular complexity index is 1830. The lowest BCUT2D eigenvalue weighted by molar-refractivity contribution is -0.0675. The first kappa shape index (κ1) is 33.9. The fraction of sp³-hybridized carbons (Fsp3) is 0.361. The Balaban J connectivity index is 1.32. The van der Waals surface area contributed by atoms with E-state index in [-0.39, 0.29) is 6.61 Å². The number of imidazole rings is 1. The molecule has 1 saturated heterocycles. The van der Waals surface area contributed by atoms with E-state index in [1.54, 1.807) is 25.9 Å². The number of aromatic nitrogens is 4. The summed E-state index contributed by atoms with van der Waals surface area (Å²) < 4.78 is 46.5. The number of aliphatic hydroxyl groups is 1.